The topological polar surface area (TPSA) is 0 Å². The van der Waals surface area contributed by atoms with Gasteiger partial charge in [-0.15, -0.1) is 0 Å². The molecule has 6 heavy (non-hydrogen) atoms. The van der Waals surface area contributed by atoms with Gasteiger partial charge in [-0.3, -0.25) is 4.39 Å². The lowest BCUT2D eigenvalue weighted by molar-refractivity contribution is 0.474. The van der Waals surface area contributed by atoms with Crippen molar-refractivity contribution in [1.82, 2.24) is 0 Å². The van der Waals surface area contributed by atoms with Crippen molar-refractivity contribution in [2.75, 3.05) is 6.67 Å². The highest BCUT2D eigenvalue weighted by Crippen LogP contribution is 2.01. The van der Waals surface area contributed by atoms with Crippen molar-refractivity contribution in [1.29, 1.82) is 0 Å². The molecule has 0 heterocycles. The Morgan fingerprint density at radius 2 is 2.33 bits per heavy atom. The molecule has 0 aliphatic carbocycles. The van der Waals surface area contributed by atoms with Gasteiger partial charge in [-0.05, 0) is 6.42 Å². The number of hydrogen-bond donors (Lipinski definition) is 0. The molecular weight excluding hydrogens is 147 g/mol. The van der Waals surface area contributed by atoms with Crippen molar-refractivity contribution in [2.24, 2.45) is 0 Å². The Hall–Kier alpha value is 0.410. The second-order valence-corrected chi connectivity index (χ2v) is 2.82. The molecule has 0 aromatic carbocycles. The van der Waals surface area contributed by atoms with E-state index in [1.807, 2.05) is 6.92 Å². The highest BCUT2D eigenvalue weighted by molar-refractivity contribution is 9.09. The summed E-state index contributed by atoms with van der Waals surface area (Å²) in [5.41, 5.74) is 0. The largest absolute Gasteiger partial charge is 0.251 e. The second-order valence-electron chi connectivity index (χ2n) is 1.26. The molecule has 0 aliphatic rings. The van der Waals surface area contributed by atoms with Crippen molar-refractivity contribution in [2.45, 2.75) is 18.2 Å². The zero-order valence-electron chi connectivity index (χ0n) is 3.75. The quantitative estimate of drug-likeness (QED) is 0.535. The van der Waals surface area contributed by atoms with Crippen LogP contribution in [0.25, 0.3) is 0 Å². The van der Waals surface area contributed by atoms with Crippen molar-refractivity contribution in [3.05, 3.63) is 0 Å². The molecule has 0 N–H and O–H groups in total. The van der Waals surface area contributed by atoms with Gasteiger partial charge in [-0.2, -0.15) is 0 Å². The first-order valence-corrected chi connectivity index (χ1v) is 2.89. The molecule has 0 aromatic heterocycles. The molecule has 0 saturated carbocycles. The first kappa shape index (κ1) is 6.41. The van der Waals surface area contributed by atoms with Crippen LogP contribution in [0.2, 0.25) is 0 Å². The standard InChI is InChI=1S/C4H8BrF/c1-4(5)2-3-6/h4H,2-3H2,1H3. The lowest BCUT2D eigenvalue weighted by Gasteiger charge is -1.91. The van der Waals surface area contributed by atoms with Crippen molar-refractivity contribution < 1.29 is 4.39 Å². The van der Waals surface area contributed by atoms with Gasteiger partial charge in [-0.25, -0.2) is 0 Å². The van der Waals surface area contributed by atoms with Crippen molar-refractivity contribution in [3.63, 3.8) is 0 Å². The van der Waals surface area contributed by atoms with Gasteiger partial charge in [0.15, 0.2) is 0 Å². The SMILES string of the molecule is CC(Br)CCF. The normalized spacial score (nSPS) is 14.5. The van der Waals surface area contributed by atoms with Crippen LogP contribution in [0, 0.1) is 0 Å². The Kier molecular flexibility index (Phi) is 3.84. The molecule has 0 saturated heterocycles. The summed E-state index contributed by atoms with van der Waals surface area (Å²) >= 11 is 3.19. The molecule has 0 rings (SSSR count). The van der Waals surface area contributed by atoms with E-state index in [0.717, 1.165) is 0 Å². The molecule has 38 valence electrons. The van der Waals surface area contributed by atoms with Crippen LogP contribution in [0.5, 0.6) is 0 Å². The summed E-state index contributed by atoms with van der Waals surface area (Å²) < 4.78 is 11.2. The lowest BCUT2D eigenvalue weighted by Crippen LogP contribution is -1.88. The van der Waals surface area contributed by atoms with E-state index in [-0.39, 0.29) is 6.67 Å². The maximum Gasteiger partial charge on any atom is 0.0905 e. The zero-order valence-corrected chi connectivity index (χ0v) is 5.33. The Balaban J connectivity index is 2.63. The van der Waals surface area contributed by atoms with E-state index in [0.29, 0.717) is 11.2 Å². The highest BCUT2D eigenvalue weighted by Gasteiger charge is 1.90. The van der Waals surface area contributed by atoms with Crippen LogP contribution in [0.4, 0.5) is 4.39 Å². The summed E-state index contributed by atoms with van der Waals surface area (Å²) in [4.78, 5) is 0.336. The summed E-state index contributed by atoms with van der Waals surface area (Å²) in [7, 11) is 0. The molecule has 2 heteroatoms. The predicted octanol–water partition coefficient (Wildman–Crippen LogP) is 2.13. The minimum Gasteiger partial charge on any atom is -0.251 e. The fourth-order valence-corrected chi connectivity index (χ4v) is 0.323. The maximum atomic E-state index is 11.2. The second kappa shape index (κ2) is 3.59. The zero-order chi connectivity index (χ0) is 4.99. The predicted molar refractivity (Wildman–Crippen MR) is 29.0 cm³/mol. The minimum absolute atomic E-state index is 0.216. The summed E-state index contributed by atoms with van der Waals surface area (Å²) in [6.45, 7) is 1.71. The van der Waals surface area contributed by atoms with Gasteiger partial charge in [-0.1, -0.05) is 22.9 Å². The van der Waals surface area contributed by atoms with Gasteiger partial charge in [0.1, 0.15) is 0 Å². The van der Waals surface area contributed by atoms with Gasteiger partial charge < -0.3 is 0 Å². The molecule has 0 nitrogen and oxygen atoms in total. The number of alkyl halides is 2. The van der Waals surface area contributed by atoms with E-state index in [1.54, 1.807) is 0 Å². The van der Waals surface area contributed by atoms with Crippen molar-refractivity contribution in [3.8, 4) is 0 Å². The molecule has 1 atom stereocenters. The molecule has 1 unspecified atom stereocenters. The number of halogens is 2. The molecule has 0 aromatic rings. The van der Waals surface area contributed by atoms with Crippen molar-refractivity contribution >= 4 is 15.9 Å². The van der Waals surface area contributed by atoms with Gasteiger partial charge in [0.2, 0.25) is 0 Å². The van der Waals surface area contributed by atoms with Crippen LogP contribution in [-0.2, 0) is 0 Å². The van der Waals surface area contributed by atoms with Gasteiger partial charge in [0.25, 0.3) is 0 Å². The molecule has 0 amide bonds. The molecule has 0 fully saturated rings. The summed E-state index contributed by atoms with van der Waals surface area (Å²) in [5, 5.41) is 0. The molecule has 0 bridgehead atoms. The summed E-state index contributed by atoms with van der Waals surface area (Å²) in [6, 6.07) is 0. The van der Waals surface area contributed by atoms with Crippen LogP contribution in [0.3, 0.4) is 0 Å². The average molecular weight is 155 g/mol. The summed E-state index contributed by atoms with van der Waals surface area (Å²) in [6.07, 6.45) is 0.625. The molecular formula is C4H8BrF. The van der Waals surface area contributed by atoms with E-state index in [4.69, 9.17) is 0 Å². The molecule has 0 spiro atoms. The Bertz CT molecular complexity index is 28.7. The van der Waals surface area contributed by atoms with Crippen LogP contribution in [-0.4, -0.2) is 11.5 Å². The Morgan fingerprint density at radius 1 is 1.83 bits per heavy atom. The Labute approximate surface area is 45.9 Å². The monoisotopic (exact) mass is 154 g/mol. The number of hydrogen-bond acceptors (Lipinski definition) is 0. The Morgan fingerprint density at radius 3 is 2.33 bits per heavy atom. The maximum absolute atomic E-state index is 11.2. The van der Waals surface area contributed by atoms with Crippen LogP contribution in [0.1, 0.15) is 13.3 Å². The smallest absolute Gasteiger partial charge is 0.0905 e. The average Bonchev–Trinajstić information content (AvgIpc) is 1.35. The first-order chi connectivity index (χ1) is 2.77. The third-order valence-corrected chi connectivity index (χ3v) is 0.965. The fraction of sp³-hybridized carbons (Fsp3) is 1.00. The summed E-state index contributed by atoms with van der Waals surface area (Å²) in [5.74, 6) is 0. The molecule has 0 aliphatic heterocycles. The highest BCUT2D eigenvalue weighted by atomic mass is 79.9. The van der Waals surface area contributed by atoms with Crippen LogP contribution < -0.4 is 0 Å². The van der Waals surface area contributed by atoms with Crippen LogP contribution >= 0.6 is 15.9 Å². The fourth-order valence-electron chi connectivity index (χ4n) is 0.150. The lowest BCUT2D eigenvalue weighted by atomic mass is 10.4. The van der Waals surface area contributed by atoms with Gasteiger partial charge in [0, 0.05) is 4.83 Å². The first-order valence-electron chi connectivity index (χ1n) is 1.97. The van der Waals surface area contributed by atoms with E-state index in [1.165, 1.54) is 0 Å². The number of rotatable bonds is 2. The van der Waals surface area contributed by atoms with E-state index in [9.17, 15) is 4.39 Å². The third kappa shape index (κ3) is 4.41. The van der Waals surface area contributed by atoms with Gasteiger partial charge in [0.05, 0.1) is 6.67 Å². The third-order valence-electron chi connectivity index (χ3n) is 0.507. The minimum atomic E-state index is -0.216. The van der Waals surface area contributed by atoms with E-state index < -0.39 is 0 Å². The molecule has 0 radical (unpaired) electrons. The van der Waals surface area contributed by atoms with Gasteiger partial charge >= 0.3 is 0 Å². The van der Waals surface area contributed by atoms with E-state index in [2.05, 4.69) is 15.9 Å². The van der Waals surface area contributed by atoms with Crippen LogP contribution in [0.15, 0.2) is 0 Å². The van der Waals surface area contributed by atoms with E-state index >= 15 is 0 Å².